The number of sulfone groups is 1. The summed E-state index contributed by atoms with van der Waals surface area (Å²) in [6.45, 7) is 4.39. The lowest BCUT2D eigenvalue weighted by Crippen LogP contribution is -2.45. The quantitative estimate of drug-likeness (QED) is 0.583. The Labute approximate surface area is 160 Å². The third-order valence-corrected chi connectivity index (χ3v) is 7.11. The van der Waals surface area contributed by atoms with Crippen LogP contribution in [0.4, 0.5) is 4.39 Å². The molecular weight excluding hydrogens is 369 g/mol. The molecule has 2 heterocycles. The second-order valence-electron chi connectivity index (χ2n) is 7.34. The molecule has 0 aliphatic carbocycles. The van der Waals surface area contributed by atoms with E-state index in [-0.39, 0.29) is 28.8 Å². The molecule has 27 heavy (non-hydrogen) atoms. The van der Waals surface area contributed by atoms with Crippen molar-refractivity contribution in [3.63, 3.8) is 0 Å². The number of rotatable bonds is 5. The van der Waals surface area contributed by atoms with Crippen molar-refractivity contribution in [3.8, 4) is 0 Å². The van der Waals surface area contributed by atoms with E-state index in [1.807, 2.05) is 13.0 Å². The van der Waals surface area contributed by atoms with Crippen molar-refractivity contribution < 1.29 is 17.5 Å². The van der Waals surface area contributed by atoms with Crippen LogP contribution in [-0.2, 0) is 20.0 Å². The van der Waals surface area contributed by atoms with Gasteiger partial charge in [-0.3, -0.25) is 4.99 Å². The Kier molecular flexibility index (Phi) is 6.37. The molecule has 2 N–H and O–H groups in total. The minimum absolute atomic E-state index is 0.118. The van der Waals surface area contributed by atoms with Crippen LogP contribution >= 0.6 is 0 Å². The summed E-state index contributed by atoms with van der Waals surface area (Å²) in [5.41, 5.74) is 0.665. The van der Waals surface area contributed by atoms with Crippen LogP contribution in [0.25, 0.3) is 0 Å². The van der Waals surface area contributed by atoms with E-state index in [0.717, 1.165) is 18.4 Å². The molecule has 1 atom stereocenters. The molecule has 2 saturated heterocycles. The monoisotopic (exact) mass is 397 g/mol. The maximum Gasteiger partial charge on any atom is 0.191 e. The lowest BCUT2D eigenvalue weighted by Gasteiger charge is -2.36. The van der Waals surface area contributed by atoms with Gasteiger partial charge in [0.15, 0.2) is 15.8 Å². The Morgan fingerprint density at radius 1 is 1.37 bits per heavy atom. The zero-order chi connectivity index (χ0) is 19.3. The van der Waals surface area contributed by atoms with Gasteiger partial charge in [0.1, 0.15) is 5.82 Å². The van der Waals surface area contributed by atoms with Gasteiger partial charge in [-0.15, -0.1) is 0 Å². The van der Waals surface area contributed by atoms with Crippen LogP contribution in [0, 0.1) is 5.82 Å². The largest absolute Gasteiger partial charge is 0.381 e. The molecule has 1 aromatic rings. The van der Waals surface area contributed by atoms with Crippen molar-refractivity contribution in [1.29, 1.82) is 0 Å². The third-order valence-electron chi connectivity index (χ3n) is 5.34. The number of aliphatic imine (C=N–C) groups is 1. The number of hydrogen-bond donors (Lipinski definition) is 2. The van der Waals surface area contributed by atoms with E-state index in [1.165, 1.54) is 6.07 Å². The SMILES string of the molecule is CCNC(=NCC1(c2cccc(F)c2)CCOCC1)NC1CCS(=O)(=O)C1. The summed E-state index contributed by atoms with van der Waals surface area (Å²) in [6.07, 6.45) is 2.14. The Hall–Kier alpha value is -1.67. The van der Waals surface area contributed by atoms with Gasteiger partial charge in [-0.1, -0.05) is 12.1 Å². The Morgan fingerprint density at radius 3 is 2.78 bits per heavy atom. The summed E-state index contributed by atoms with van der Waals surface area (Å²) < 4.78 is 42.7. The average Bonchev–Trinajstić information content (AvgIpc) is 2.99. The molecule has 8 heteroatoms. The number of ether oxygens (including phenoxy) is 1. The molecule has 2 aliphatic rings. The number of halogens is 1. The van der Waals surface area contributed by atoms with E-state index in [9.17, 15) is 12.8 Å². The minimum atomic E-state index is -2.95. The first-order valence-electron chi connectivity index (χ1n) is 9.51. The number of guanidine groups is 1. The maximum absolute atomic E-state index is 13.8. The van der Waals surface area contributed by atoms with Crippen LogP contribution in [0.3, 0.4) is 0 Å². The van der Waals surface area contributed by atoms with Gasteiger partial charge < -0.3 is 15.4 Å². The molecule has 0 bridgehead atoms. The second-order valence-corrected chi connectivity index (χ2v) is 9.57. The summed E-state index contributed by atoms with van der Waals surface area (Å²) in [5.74, 6) is 0.722. The van der Waals surface area contributed by atoms with Gasteiger partial charge in [-0.05, 0) is 43.9 Å². The molecule has 6 nitrogen and oxygen atoms in total. The second kappa shape index (κ2) is 8.56. The Morgan fingerprint density at radius 2 is 2.15 bits per heavy atom. The summed E-state index contributed by atoms with van der Waals surface area (Å²) in [4.78, 5) is 4.75. The topological polar surface area (TPSA) is 79.8 Å². The molecule has 1 unspecified atom stereocenters. The highest BCUT2D eigenvalue weighted by molar-refractivity contribution is 7.91. The Bertz CT molecular complexity index is 776. The van der Waals surface area contributed by atoms with Gasteiger partial charge in [0, 0.05) is 31.2 Å². The summed E-state index contributed by atoms with van der Waals surface area (Å²) in [7, 11) is -2.95. The number of nitrogens with zero attached hydrogens (tertiary/aromatic N) is 1. The molecule has 150 valence electrons. The van der Waals surface area contributed by atoms with Gasteiger partial charge in [0.2, 0.25) is 0 Å². The van der Waals surface area contributed by atoms with E-state index in [0.29, 0.717) is 38.7 Å². The van der Waals surface area contributed by atoms with Crippen LogP contribution in [0.2, 0.25) is 0 Å². The summed E-state index contributed by atoms with van der Waals surface area (Å²) in [5, 5.41) is 6.44. The van der Waals surface area contributed by atoms with Crippen molar-refractivity contribution in [2.75, 3.05) is 37.8 Å². The third kappa shape index (κ3) is 5.19. The number of benzene rings is 1. The molecule has 2 fully saturated rings. The fourth-order valence-electron chi connectivity index (χ4n) is 3.77. The summed E-state index contributed by atoms with van der Waals surface area (Å²) in [6, 6.07) is 6.61. The minimum Gasteiger partial charge on any atom is -0.381 e. The number of nitrogens with one attached hydrogen (secondary N) is 2. The lowest BCUT2D eigenvalue weighted by molar-refractivity contribution is 0.0530. The first-order valence-corrected chi connectivity index (χ1v) is 11.3. The van der Waals surface area contributed by atoms with Crippen LogP contribution in [0.1, 0.15) is 31.7 Å². The maximum atomic E-state index is 13.8. The van der Waals surface area contributed by atoms with E-state index in [4.69, 9.17) is 9.73 Å². The molecule has 0 aromatic heterocycles. The molecular formula is C19H28FN3O3S. The van der Waals surface area contributed by atoms with E-state index in [1.54, 1.807) is 12.1 Å². The van der Waals surface area contributed by atoms with Crippen LogP contribution < -0.4 is 10.6 Å². The molecule has 1 aromatic carbocycles. The molecule has 2 aliphatic heterocycles. The van der Waals surface area contributed by atoms with Gasteiger partial charge in [0.05, 0.1) is 18.1 Å². The highest BCUT2D eigenvalue weighted by Gasteiger charge is 2.35. The fraction of sp³-hybridized carbons (Fsp3) is 0.632. The highest BCUT2D eigenvalue weighted by Crippen LogP contribution is 2.35. The molecule has 0 spiro atoms. The fourth-order valence-corrected chi connectivity index (χ4v) is 5.44. The highest BCUT2D eigenvalue weighted by atomic mass is 32.2. The zero-order valence-corrected chi connectivity index (χ0v) is 16.5. The smallest absolute Gasteiger partial charge is 0.191 e. The van der Waals surface area contributed by atoms with Crippen molar-refractivity contribution in [1.82, 2.24) is 10.6 Å². The number of hydrogen-bond acceptors (Lipinski definition) is 4. The van der Waals surface area contributed by atoms with Gasteiger partial charge in [0.25, 0.3) is 0 Å². The van der Waals surface area contributed by atoms with Crippen molar-refractivity contribution in [2.45, 2.75) is 37.6 Å². The predicted molar refractivity (Wildman–Crippen MR) is 104 cm³/mol. The van der Waals surface area contributed by atoms with Crippen molar-refractivity contribution in [2.24, 2.45) is 4.99 Å². The van der Waals surface area contributed by atoms with Crippen LogP contribution in [0.15, 0.2) is 29.3 Å². The van der Waals surface area contributed by atoms with Crippen LogP contribution in [-0.4, -0.2) is 58.2 Å². The van der Waals surface area contributed by atoms with Crippen molar-refractivity contribution in [3.05, 3.63) is 35.6 Å². The molecule has 0 saturated carbocycles. The van der Waals surface area contributed by atoms with E-state index in [2.05, 4.69) is 10.6 Å². The zero-order valence-electron chi connectivity index (χ0n) is 15.7. The normalized spacial score (nSPS) is 24.5. The molecule has 3 rings (SSSR count). The first kappa shape index (κ1) is 20.1. The van der Waals surface area contributed by atoms with Gasteiger partial charge >= 0.3 is 0 Å². The Balaban J connectivity index is 1.78. The molecule has 0 radical (unpaired) electrons. The van der Waals surface area contributed by atoms with E-state index >= 15 is 0 Å². The van der Waals surface area contributed by atoms with Crippen molar-refractivity contribution >= 4 is 15.8 Å². The lowest BCUT2D eigenvalue weighted by atomic mass is 9.74. The molecule has 0 amide bonds. The average molecular weight is 398 g/mol. The predicted octanol–water partition coefficient (Wildman–Crippen LogP) is 1.62. The van der Waals surface area contributed by atoms with E-state index < -0.39 is 9.84 Å². The first-order chi connectivity index (χ1) is 12.9. The van der Waals surface area contributed by atoms with Gasteiger partial charge in [-0.25, -0.2) is 12.8 Å². The standard InChI is InChI=1S/C19H28FN3O3S/c1-2-21-18(23-17-6-11-27(24,25)13-17)22-14-19(7-9-26-10-8-19)15-4-3-5-16(20)12-15/h3-5,12,17H,2,6-11,13-14H2,1H3,(H2,21,22,23). The van der Waals surface area contributed by atoms with Gasteiger partial charge in [-0.2, -0.15) is 0 Å². The van der Waals surface area contributed by atoms with Crippen LogP contribution in [0.5, 0.6) is 0 Å². The summed E-state index contributed by atoms with van der Waals surface area (Å²) >= 11 is 0.